The van der Waals surface area contributed by atoms with E-state index >= 15 is 0 Å². The molecule has 2 rings (SSSR count). The van der Waals surface area contributed by atoms with Gasteiger partial charge in [-0.05, 0) is 38.3 Å². The Balaban J connectivity index is 2.27. The minimum atomic E-state index is -1.37. The number of amides is 1. The number of cyclic esters (lactones) is 2. The van der Waals surface area contributed by atoms with Crippen LogP contribution in [0.15, 0.2) is 12.3 Å². The fraction of sp³-hybridized carbons (Fsp3) is 0.600. The Bertz CT molecular complexity index is 992. The first-order valence-corrected chi connectivity index (χ1v) is 12.0. The number of hydrogen-bond donors (Lipinski definition) is 1. The van der Waals surface area contributed by atoms with Gasteiger partial charge in [-0.1, -0.05) is 27.7 Å². The molecule has 2 heterocycles. The fourth-order valence-corrected chi connectivity index (χ4v) is 3.51. The number of pyridine rings is 1. The van der Waals surface area contributed by atoms with Gasteiger partial charge in [-0.2, -0.15) is 0 Å². The topological polar surface area (TPSA) is 147 Å². The van der Waals surface area contributed by atoms with Crippen molar-refractivity contribution in [3.8, 4) is 5.75 Å². The van der Waals surface area contributed by atoms with Gasteiger partial charge in [0.1, 0.15) is 12.7 Å². The number of nitrogens with one attached hydrogen (secondary N) is 1. The van der Waals surface area contributed by atoms with Crippen LogP contribution in [0.2, 0.25) is 0 Å². The summed E-state index contributed by atoms with van der Waals surface area (Å²) in [6.07, 6.45) is 0.303. The Morgan fingerprint density at radius 3 is 2.50 bits per heavy atom. The Hall–Kier alpha value is -3.50. The molecule has 1 aliphatic rings. The molecule has 36 heavy (non-hydrogen) atoms. The molecule has 1 aromatic heterocycles. The van der Waals surface area contributed by atoms with Crippen LogP contribution >= 0.6 is 0 Å². The van der Waals surface area contributed by atoms with Gasteiger partial charge in [-0.3, -0.25) is 19.2 Å². The minimum absolute atomic E-state index is 0.0260. The summed E-state index contributed by atoms with van der Waals surface area (Å²) in [6.45, 7) is 9.47. The molecule has 1 N–H and O–H groups in total. The second kappa shape index (κ2) is 13.0. The molecular weight excluding hydrogens is 472 g/mol. The van der Waals surface area contributed by atoms with Crippen molar-refractivity contribution >= 4 is 29.8 Å². The maximum absolute atomic E-state index is 13.0. The van der Waals surface area contributed by atoms with Gasteiger partial charge in [0.15, 0.2) is 23.6 Å². The molecule has 1 saturated heterocycles. The van der Waals surface area contributed by atoms with Crippen molar-refractivity contribution in [1.29, 1.82) is 0 Å². The number of esters is 4. The predicted octanol–water partition coefficient (Wildman–Crippen LogP) is 2.28. The standard InChI is InChI=1S/C25H34N2O9/c1-7-9-18(28)35-20-14(5)10-11-26-19(20)22(29)27-17-12-33-24(31)16(8-2)21(15(6)34-25(17)32)36-23(30)13(3)4/h10-11,13,15-17,21H,7-9,12H2,1-6H3,(H,27,29). The maximum atomic E-state index is 13.0. The number of rotatable bonds is 8. The van der Waals surface area contributed by atoms with Crippen LogP contribution in [-0.4, -0.2) is 59.6 Å². The molecule has 1 aromatic rings. The third-order valence-electron chi connectivity index (χ3n) is 5.60. The second-order valence-electron chi connectivity index (χ2n) is 8.90. The van der Waals surface area contributed by atoms with E-state index in [0.29, 0.717) is 12.0 Å². The van der Waals surface area contributed by atoms with Gasteiger partial charge < -0.3 is 24.3 Å². The quantitative estimate of drug-likeness (QED) is 0.411. The van der Waals surface area contributed by atoms with Crippen LogP contribution in [-0.2, 0) is 33.4 Å². The average Bonchev–Trinajstić information content (AvgIpc) is 2.85. The van der Waals surface area contributed by atoms with Crippen LogP contribution in [0.4, 0.5) is 0 Å². The van der Waals surface area contributed by atoms with E-state index in [-0.39, 0.29) is 24.3 Å². The second-order valence-corrected chi connectivity index (χ2v) is 8.90. The molecule has 0 radical (unpaired) electrons. The van der Waals surface area contributed by atoms with Crippen LogP contribution in [0.3, 0.4) is 0 Å². The summed E-state index contributed by atoms with van der Waals surface area (Å²) in [5.41, 5.74) is 0.291. The van der Waals surface area contributed by atoms with Crippen LogP contribution in [0.1, 0.15) is 69.9 Å². The zero-order chi connectivity index (χ0) is 27.0. The number of ether oxygens (including phenoxy) is 4. The van der Waals surface area contributed by atoms with E-state index in [1.807, 2.05) is 6.92 Å². The summed E-state index contributed by atoms with van der Waals surface area (Å²) in [4.78, 5) is 67.0. The van der Waals surface area contributed by atoms with E-state index in [1.54, 1.807) is 33.8 Å². The van der Waals surface area contributed by atoms with E-state index in [2.05, 4.69) is 10.3 Å². The van der Waals surface area contributed by atoms with Crippen molar-refractivity contribution in [2.45, 2.75) is 79.1 Å². The molecule has 0 aliphatic carbocycles. The first-order chi connectivity index (χ1) is 17.0. The first-order valence-electron chi connectivity index (χ1n) is 12.0. The molecule has 4 unspecified atom stereocenters. The van der Waals surface area contributed by atoms with Gasteiger partial charge in [-0.25, -0.2) is 9.78 Å². The van der Waals surface area contributed by atoms with Crippen LogP contribution in [0.5, 0.6) is 5.75 Å². The lowest BCUT2D eigenvalue weighted by Crippen LogP contribution is -2.47. The molecule has 1 aliphatic heterocycles. The summed E-state index contributed by atoms with van der Waals surface area (Å²) in [5.74, 6) is -4.82. The first kappa shape index (κ1) is 28.7. The molecule has 0 aromatic carbocycles. The average molecular weight is 507 g/mol. The molecule has 1 amide bonds. The fourth-order valence-electron chi connectivity index (χ4n) is 3.51. The van der Waals surface area contributed by atoms with Gasteiger partial charge >= 0.3 is 23.9 Å². The van der Waals surface area contributed by atoms with Crippen molar-refractivity contribution < 1.29 is 42.9 Å². The molecule has 4 atom stereocenters. The van der Waals surface area contributed by atoms with Crippen molar-refractivity contribution in [3.05, 3.63) is 23.5 Å². The number of aryl methyl sites for hydroxylation is 1. The Labute approximate surface area is 210 Å². The van der Waals surface area contributed by atoms with Gasteiger partial charge in [0, 0.05) is 12.6 Å². The molecule has 0 saturated carbocycles. The van der Waals surface area contributed by atoms with Gasteiger partial charge in [0.25, 0.3) is 5.91 Å². The molecule has 0 bridgehead atoms. The van der Waals surface area contributed by atoms with Crippen LogP contribution < -0.4 is 10.1 Å². The maximum Gasteiger partial charge on any atom is 0.332 e. The van der Waals surface area contributed by atoms with Crippen molar-refractivity contribution in [1.82, 2.24) is 10.3 Å². The van der Waals surface area contributed by atoms with Crippen molar-refractivity contribution in [2.75, 3.05) is 6.61 Å². The van der Waals surface area contributed by atoms with Gasteiger partial charge in [0.2, 0.25) is 0 Å². The van der Waals surface area contributed by atoms with Crippen molar-refractivity contribution in [3.63, 3.8) is 0 Å². The Morgan fingerprint density at radius 2 is 1.89 bits per heavy atom. The third-order valence-corrected chi connectivity index (χ3v) is 5.60. The van der Waals surface area contributed by atoms with Crippen LogP contribution in [0.25, 0.3) is 0 Å². The predicted molar refractivity (Wildman–Crippen MR) is 126 cm³/mol. The molecule has 11 heteroatoms. The highest BCUT2D eigenvalue weighted by atomic mass is 16.6. The minimum Gasteiger partial charge on any atom is -0.463 e. The van der Waals surface area contributed by atoms with E-state index in [0.717, 1.165) is 0 Å². The largest absolute Gasteiger partial charge is 0.463 e. The summed E-state index contributed by atoms with van der Waals surface area (Å²) < 4.78 is 21.6. The third kappa shape index (κ3) is 7.25. The summed E-state index contributed by atoms with van der Waals surface area (Å²) in [5, 5.41) is 2.45. The lowest BCUT2D eigenvalue weighted by atomic mass is 9.95. The highest BCUT2D eigenvalue weighted by Gasteiger charge is 2.41. The highest BCUT2D eigenvalue weighted by Crippen LogP contribution is 2.25. The van der Waals surface area contributed by atoms with Gasteiger partial charge in [0.05, 0.1) is 11.8 Å². The summed E-state index contributed by atoms with van der Waals surface area (Å²) >= 11 is 0. The molecule has 198 valence electrons. The lowest BCUT2D eigenvalue weighted by Gasteiger charge is -2.29. The Morgan fingerprint density at radius 1 is 1.19 bits per heavy atom. The highest BCUT2D eigenvalue weighted by molar-refractivity contribution is 5.98. The van der Waals surface area contributed by atoms with Crippen LogP contribution in [0, 0.1) is 18.8 Å². The number of hydrogen-bond acceptors (Lipinski definition) is 10. The smallest absolute Gasteiger partial charge is 0.332 e. The Kier molecular flexibility index (Phi) is 10.4. The molecule has 11 nitrogen and oxygen atoms in total. The number of carbonyl (C=O) groups excluding carboxylic acids is 5. The molecule has 1 fully saturated rings. The zero-order valence-electron chi connectivity index (χ0n) is 21.5. The monoisotopic (exact) mass is 506 g/mol. The molecule has 0 spiro atoms. The summed E-state index contributed by atoms with van der Waals surface area (Å²) in [7, 11) is 0. The van der Waals surface area contributed by atoms with E-state index in [9.17, 15) is 24.0 Å². The SMILES string of the molecule is CCCC(=O)Oc1c(C)ccnc1C(=O)NC1COC(=O)C(CC)C(OC(=O)C(C)C)C(C)OC1=O. The lowest BCUT2D eigenvalue weighted by molar-refractivity contribution is -0.176. The number of nitrogens with zero attached hydrogens (tertiary/aromatic N) is 1. The number of aromatic nitrogens is 1. The molecular formula is C25H34N2O9. The van der Waals surface area contributed by atoms with Crippen molar-refractivity contribution in [2.24, 2.45) is 11.8 Å². The zero-order valence-corrected chi connectivity index (χ0v) is 21.5. The number of carbonyl (C=O) groups is 5. The van der Waals surface area contributed by atoms with E-state index < -0.39 is 66.5 Å². The van der Waals surface area contributed by atoms with E-state index in [1.165, 1.54) is 13.1 Å². The normalized spacial score (nSPS) is 22.4. The van der Waals surface area contributed by atoms with Gasteiger partial charge in [-0.15, -0.1) is 0 Å². The van der Waals surface area contributed by atoms with E-state index in [4.69, 9.17) is 18.9 Å². The summed E-state index contributed by atoms with van der Waals surface area (Å²) in [6, 6.07) is 0.203.